The second-order valence-corrected chi connectivity index (χ2v) is 2.60. The van der Waals surface area contributed by atoms with Gasteiger partial charge in [-0.15, -0.1) is 0 Å². The quantitative estimate of drug-likeness (QED) is 0.558. The van der Waals surface area contributed by atoms with Crippen LogP contribution < -0.4 is 10.6 Å². The number of hydrogen-bond donors (Lipinski definition) is 2. The molecule has 0 radical (unpaired) electrons. The zero-order valence-corrected chi connectivity index (χ0v) is 6.61. The summed E-state index contributed by atoms with van der Waals surface area (Å²) in [5, 5.41) is 6.61. The van der Waals surface area contributed by atoms with E-state index in [1.165, 1.54) is 6.42 Å². The molecule has 0 saturated heterocycles. The van der Waals surface area contributed by atoms with Crippen molar-refractivity contribution in [1.29, 1.82) is 0 Å². The van der Waals surface area contributed by atoms with Gasteiger partial charge in [-0.3, -0.25) is 0 Å². The van der Waals surface area contributed by atoms with Crippen molar-refractivity contribution in [1.82, 2.24) is 10.6 Å². The third-order valence-corrected chi connectivity index (χ3v) is 1.76. The molecule has 0 atom stereocenters. The molecule has 1 heterocycles. The van der Waals surface area contributed by atoms with Crippen LogP contribution in [-0.2, 0) is 0 Å². The highest BCUT2D eigenvalue weighted by Gasteiger charge is 2.00. The summed E-state index contributed by atoms with van der Waals surface area (Å²) in [6.45, 7) is 6.50. The summed E-state index contributed by atoms with van der Waals surface area (Å²) in [7, 11) is 0. The van der Waals surface area contributed by atoms with Gasteiger partial charge in [0.2, 0.25) is 0 Å². The lowest BCUT2D eigenvalue weighted by Gasteiger charge is -2.13. The van der Waals surface area contributed by atoms with Crippen molar-refractivity contribution < 1.29 is 0 Å². The zero-order chi connectivity index (χ0) is 7.23. The predicted octanol–water partition coefficient (Wildman–Crippen LogP) is 0.516. The van der Waals surface area contributed by atoms with Gasteiger partial charge in [0.05, 0.1) is 0 Å². The fourth-order valence-electron chi connectivity index (χ4n) is 1.12. The topological polar surface area (TPSA) is 24.1 Å². The summed E-state index contributed by atoms with van der Waals surface area (Å²) < 4.78 is 0. The van der Waals surface area contributed by atoms with E-state index in [0.717, 1.165) is 26.2 Å². The Morgan fingerprint density at radius 1 is 1.70 bits per heavy atom. The molecule has 0 spiro atoms. The molecule has 10 heavy (non-hydrogen) atoms. The van der Waals surface area contributed by atoms with Gasteiger partial charge in [0.1, 0.15) is 0 Å². The Bertz CT molecular complexity index is 118. The molecular weight excluding hydrogens is 124 g/mol. The minimum Gasteiger partial charge on any atom is -0.313 e. The van der Waals surface area contributed by atoms with Crippen molar-refractivity contribution >= 4 is 0 Å². The van der Waals surface area contributed by atoms with Crippen LogP contribution in [-0.4, -0.2) is 26.2 Å². The first kappa shape index (κ1) is 7.76. The average molecular weight is 140 g/mol. The van der Waals surface area contributed by atoms with Gasteiger partial charge < -0.3 is 10.6 Å². The van der Waals surface area contributed by atoms with Crippen LogP contribution in [0.4, 0.5) is 0 Å². The van der Waals surface area contributed by atoms with Crippen LogP contribution in [0.2, 0.25) is 0 Å². The highest BCUT2D eigenvalue weighted by atomic mass is 14.9. The van der Waals surface area contributed by atoms with E-state index in [9.17, 15) is 0 Å². The second kappa shape index (κ2) is 4.47. The predicted molar refractivity (Wildman–Crippen MR) is 44.1 cm³/mol. The van der Waals surface area contributed by atoms with Gasteiger partial charge in [-0.1, -0.05) is 18.6 Å². The molecule has 2 heteroatoms. The van der Waals surface area contributed by atoms with Gasteiger partial charge >= 0.3 is 0 Å². The van der Waals surface area contributed by atoms with E-state index < -0.39 is 0 Å². The van der Waals surface area contributed by atoms with Crippen molar-refractivity contribution in [3.8, 4) is 0 Å². The molecule has 0 amide bonds. The van der Waals surface area contributed by atoms with E-state index >= 15 is 0 Å². The van der Waals surface area contributed by atoms with Gasteiger partial charge in [0.15, 0.2) is 0 Å². The normalized spacial score (nSPS) is 18.7. The first-order chi connectivity index (χ1) is 4.93. The maximum absolute atomic E-state index is 3.32. The third kappa shape index (κ3) is 2.50. The molecule has 0 saturated carbocycles. The standard InChI is InChI=1S/C8H16N2/c1-2-9-7-8-3-5-10-6-4-8/h3,9-10H,2,4-7H2,1H3. The lowest BCUT2D eigenvalue weighted by atomic mass is 10.1. The van der Waals surface area contributed by atoms with E-state index in [4.69, 9.17) is 0 Å². The Morgan fingerprint density at radius 3 is 3.20 bits per heavy atom. The fourth-order valence-corrected chi connectivity index (χ4v) is 1.12. The van der Waals surface area contributed by atoms with E-state index in [1.54, 1.807) is 5.57 Å². The summed E-state index contributed by atoms with van der Waals surface area (Å²) in [6, 6.07) is 0. The Kier molecular flexibility index (Phi) is 3.47. The summed E-state index contributed by atoms with van der Waals surface area (Å²) in [5.41, 5.74) is 1.56. The minimum absolute atomic E-state index is 1.06. The van der Waals surface area contributed by atoms with Crippen LogP contribution in [0, 0.1) is 0 Å². The van der Waals surface area contributed by atoms with Crippen LogP contribution >= 0.6 is 0 Å². The minimum atomic E-state index is 1.06. The number of nitrogens with one attached hydrogen (secondary N) is 2. The molecule has 1 aliphatic heterocycles. The van der Waals surface area contributed by atoms with Crippen LogP contribution in [0.25, 0.3) is 0 Å². The lowest BCUT2D eigenvalue weighted by Crippen LogP contribution is -2.25. The van der Waals surface area contributed by atoms with E-state index in [2.05, 4.69) is 23.6 Å². The highest BCUT2D eigenvalue weighted by Crippen LogP contribution is 2.01. The Hall–Kier alpha value is -0.340. The van der Waals surface area contributed by atoms with Crippen molar-refractivity contribution in [2.75, 3.05) is 26.2 Å². The van der Waals surface area contributed by atoms with Gasteiger partial charge in [0.25, 0.3) is 0 Å². The summed E-state index contributed by atoms with van der Waals surface area (Å²) in [5.74, 6) is 0. The second-order valence-electron chi connectivity index (χ2n) is 2.60. The molecule has 0 aromatic rings. The zero-order valence-electron chi connectivity index (χ0n) is 6.61. The van der Waals surface area contributed by atoms with E-state index in [0.29, 0.717) is 0 Å². The van der Waals surface area contributed by atoms with E-state index in [1.807, 2.05) is 0 Å². The maximum atomic E-state index is 3.32. The van der Waals surface area contributed by atoms with Crippen molar-refractivity contribution in [3.05, 3.63) is 11.6 Å². The summed E-state index contributed by atoms with van der Waals surface area (Å²) in [4.78, 5) is 0. The highest BCUT2D eigenvalue weighted by molar-refractivity contribution is 5.08. The molecule has 1 rings (SSSR count). The first-order valence-corrected chi connectivity index (χ1v) is 4.03. The molecule has 0 bridgehead atoms. The monoisotopic (exact) mass is 140 g/mol. The summed E-state index contributed by atoms with van der Waals surface area (Å²) >= 11 is 0. The molecule has 1 aliphatic rings. The number of rotatable bonds is 3. The van der Waals surface area contributed by atoms with Crippen molar-refractivity contribution in [2.45, 2.75) is 13.3 Å². The molecule has 0 aromatic carbocycles. The third-order valence-electron chi connectivity index (χ3n) is 1.76. The molecule has 0 fully saturated rings. The van der Waals surface area contributed by atoms with Crippen LogP contribution in [0.5, 0.6) is 0 Å². The average Bonchev–Trinajstić information content (AvgIpc) is 2.03. The first-order valence-electron chi connectivity index (χ1n) is 4.03. The molecule has 58 valence electrons. The fraction of sp³-hybridized carbons (Fsp3) is 0.750. The van der Waals surface area contributed by atoms with Crippen molar-refractivity contribution in [3.63, 3.8) is 0 Å². The molecule has 0 aromatic heterocycles. The smallest absolute Gasteiger partial charge is 0.0165 e. The Morgan fingerprint density at radius 2 is 2.60 bits per heavy atom. The Balaban J connectivity index is 2.18. The molecule has 2 nitrogen and oxygen atoms in total. The lowest BCUT2D eigenvalue weighted by molar-refractivity contribution is 0.663. The number of likely N-dealkylation sites (N-methyl/N-ethyl adjacent to an activating group) is 1. The van der Waals surface area contributed by atoms with Gasteiger partial charge in [0, 0.05) is 13.1 Å². The molecule has 0 aliphatic carbocycles. The number of hydrogen-bond acceptors (Lipinski definition) is 2. The summed E-state index contributed by atoms with van der Waals surface area (Å²) in [6.07, 6.45) is 3.50. The molecule has 0 unspecified atom stereocenters. The van der Waals surface area contributed by atoms with Crippen LogP contribution in [0.1, 0.15) is 13.3 Å². The molecule has 2 N–H and O–H groups in total. The Labute approximate surface area is 62.7 Å². The molecular formula is C8H16N2. The van der Waals surface area contributed by atoms with Gasteiger partial charge in [-0.25, -0.2) is 0 Å². The van der Waals surface area contributed by atoms with E-state index in [-0.39, 0.29) is 0 Å². The maximum Gasteiger partial charge on any atom is 0.0165 e. The SMILES string of the molecule is CCNCC1=CCNCC1. The van der Waals surface area contributed by atoms with Crippen molar-refractivity contribution in [2.24, 2.45) is 0 Å². The van der Waals surface area contributed by atoms with Gasteiger partial charge in [-0.2, -0.15) is 0 Å². The van der Waals surface area contributed by atoms with Crippen LogP contribution in [0.3, 0.4) is 0 Å². The van der Waals surface area contributed by atoms with Gasteiger partial charge in [-0.05, 0) is 19.5 Å². The largest absolute Gasteiger partial charge is 0.313 e. The van der Waals surface area contributed by atoms with Crippen LogP contribution in [0.15, 0.2) is 11.6 Å².